The average Bonchev–Trinajstić information content (AvgIpc) is 3.44. The third kappa shape index (κ3) is 7.93. The Morgan fingerprint density at radius 1 is 1.13 bits per heavy atom. The Bertz CT molecular complexity index is 1220. The third-order valence-corrected chi connectivity index (χ3v) is 5.76. The van der Waals surface area contributed by atoms with E-state index in [-0.39, 0.29) is 55.4 Å². The van der Waals surface area contributed by atoms with Crippen LogP contribution < -0.4 is 10.6 Å². The van der Waals surface area contributed by atoms with E-state index in [1.807, 2.05) is 0 Å². The Kier molecular flexibility index (Phi) is 9.88. The highest BCUT2D eigenvalue weighted by Crippen LogP contribution is 2.31. The first kappa shape index (κ1) is 29.4. The average molecular weight is 543 g/mol. The number of carbonyl (C=O) groups excluding carboxylic acids is 5. The molecule has 0 spiro atoms. The molecule has 0 fully saturated rings. The molecule has 1 aliphatic rings. The number of imide groups is 1. The molecule has 1 aromatic carbocycles. The smallest absolute Gasteiger partial charge is 0.308 e. The van der Waals surface area contributed by atoms with Gasteiger partial charge in [-0.3, -0.25) is 24.1 Å². The zero-order valence-corrected chi connectivity index (χ0v) is 22.6. The molecule has 1 unspecified atom stereocenters. The van der Waals surface area contributed by atoms with Gasteiger partial charge in [0.15, 0.2) is 0 Å². The molecule has 39 heavy (non-hydrogen) atoms. The second kappa shape index (κ2) is 13.1. The molecule has 2 heterocycles. The minimum atomic E-state index is -1.05. The lowest BCUT2D eigenvalue weighted by molar-refractivity contribution is -0.156. The van der Waals surface area contributed by atoms with E-state index in [2.05, 4.69) is 20.9 Å². The summed E-state index contributed by atoms with van der Waals surface area (Å²) in [5.74, 6) is -1.79. The number of rotatable bonds is 14. The van der Waals surface area contributed by atoms with E-state index in [1.165, 1.54) is 13.1 Å². The molecule has 3 rings (SSSR count). The molecule has 0 saturated heterocycles. The van der Waals surface area contributed by atoms with Crippen LogP contribution in [0.15, 0.2) is 24.4 Å². The predicted octanol–water partition coefficient (Wildman–Crippen LogP) is 1.33. The predicted molar refractivity (Wildman–Crippen MR) is 139 cm³/mol. The monoisotopic (exact) mass is 542 g/mol. The van der Waals surface area contributed by atoms with Gasteiger partial charge >= 0.3 is 5.97 Å². The van der Waals surface area contributed by atoms with Gasteiger partial charge in [0.2, 0.25) is 5.91 Å². The lowest BCUT2D eigenvalue weighted by atomic mass is 10.1. The van der Waals surface area contributed by atoms with Crippen molar-refractivity contribution in [2.45, 2.75) is 64.8 Å². The Balaban J connectivity index is 1.54. The number of hydrogen-bond acceptors (Lipinski definition) is 10. The summed E-state index contributed by atoms with van der Waals surface area (Å²) in [4.78, 5) is 62.0. The van der Waals surface area contributed by atoms with Crippen molar-refractivity contribution in [3.8, 4) is 0 Å². The molecule has 13 heteroatoms. The van der Waals surface area contributed by atoms with Crippen LogP contribution in [0.3, 0.4) is 0 Å². The van der Waals surface area contributed by atoms with Crippen LogP contribution in [0.25, 0.3) is 0 Å². The highest BCUT2D eigenvalue weighted by atomic mass is 16.6. The molecule has 0 aliphatic carbocycles. The Morgan fingerprint density at radius 2 is 1.90 bits per heavy atom. The first-order valence-corrected chi connectivity index (χ1v) is 12.6. The van der Waals surface area contributed by atoms with Crippen molar-refractivity contribution in [2.24, 2.45) is 0 Å². The number of aldehydes is 1. The van der Waals surface area contributed by atoms with E-state index in [9.17, 15) is 24.0 Å². The molecule has 2 aromatic rings. The van der Waals surface area contributed by atoms with Gasteiger partial charge in [-0.2, -0.15) is 0 Å². The summed E-state index contributed by atoms with van der Waals surface area (Å²) in [7, 11) is 1.47. The number of anilines is 1. The normalized spacial score (nSPS) is 13.7. The van der Waals surface area contributed by atoms with Crippen LogP contribution in [-0.4, -0.2) is 81.8 Å². The van der Waals surface area contributed by atoms with Crippen LogP contribution >= 0.6 is 0 Å². The van der Waals surface area contributed by atoms with Crippen molar-refractivity contribution < 1.29 is 33.4 Å². The van der Waals surface area contributed by atoms with Gasteiger partial charge in [-0.05, 0) is 39.3 Å². The highest BCUT2D eigenvalue weighted by Gasteiger charge is 2.41. The molecule has 1 atom stereocenters. The SMILES string of the molecule is CNC(=O)CCC(C=O)N1C(=O)c2cccc(NCc3cn(CCOCCC(=O)OC(C)(C)C)nn3)c2C1=O. The second-order valence-corrected chi connectivity index (χ2v) is 9.90. The van der Waals surface area contributed by atoms with Gasteiger partial charge in [0.05, 0.1) is 56.1 Å². The van der Waals surface area contributed by atoms with Crippen molar-refractivity contribution in [3.63, 3.8) is 0 Å². The summed E-state index contributed by atoms with van der Waals surface area (Å²) in [6.45, 7) is 6.63. The van der Waals surface area contributed by atoms with E-state index in [1.54, 1.807) is 43.8 Å². The molecule has 13 nitrogen and oxygen atoms in total. The first-order chi connectivity index (χ1) is 18.5. The van der Waals surface area contributed by atoms with Crippen molar-refractivity contribution >= 4 is 35.7 Å². The van der Waals surface area contributed by atoms with Gasteiger partial charge in [-0.15, -0.1) is 5.10 Å². The fourth-order valence-electron chi connectivity index (χ4n) is 3.94. The summed E-state index contributed by atoms with van der Waals surface area (Å²) >= 11 is 0. The van der Waals surface area contributed by atoms with Crippen LogP contribution in [0.5, 0.6) is 0 Å². The van der Waals surface area contributed by atoms with E-state index in [4.69, 9.17) is 9.47 Å². The molecule has 2 N–H and O–H groups in total. The van der Waals surface area contributed by atoms with Gasteiger partial charge in [-0.25, -0.2) is 4.68 Å². The summed E-state index contributed by atoms with van der Waals surface area (Å²) in [5.41, 5.74) is 0.829. The lowest BCUT2D eigenvalue weighted by Crippen LogP contribution is -2.41. The largest absolute Gasteiger partial charge is 0.460 e. The maximum atomic E-state index is 13.2. The lowest BCUT2D eigenvalue weighted by Gasteiger charge is -2.21. The molecule has 0 saturated carbocycles. The number of benzene rings is 1. The topological polar surface area (TPSA) is 162 Å². The number of esters is 1. The maximum absolute atomic E-state index is 13.2. The fourth-order valence-corrected chi connectivity index (χ4v) is 3.94. The van der Waals surface area contributed by atoms with Gasteiger partial charge in [0.25, 0.3) is 11.8 Å². The minimum absolute atomic E-state index is 0.00284. The summed E-state index contributed by atoms with van der Waals surface area (Å²) in [5, 5.41) is 13.7. The minimum Gasteiger partial charge on any atom is -0.460 e. The van der Waals surface area contributed by atoms with E-state index < -0.39 is 23.5 Å². The van der Waals surface area contributed by atoms with Crippen molar-refractivity contribution in [2.75, 3.05) is 25.6 Å². The van der Waals surface area contributed by atoms with Crippen LogP contribution in [0.2, 0.25) is 0 Å². The maximum Gasteiger partial charge on any atom is 0.308 e. The van der Waals surface area contributed by atoms with Crippen LogP contribution in [-0.2, 0) is 36.9 Å². The second-order valence-electron chi connectivity index (χ2n) is 9.90. The number of nitrogens with one attached hydrogen (secondary N) is 2. The molecular weight excluding hydrogens is 508 g/mol. The molecule has 210 valence electrons. The number of ether oxygens (including phenoxy) is 2. The van der Waals surface area contributed by atoms with Crippen LogP contribution in [0, 0.1) is 0 Å². The Morgan fingerprint density at radius 3 is 2.59 bits per heavy atom. The Hall–Kier alpha value is -4.13. The number of fused-ring (bicyclic) bond motifs is 1. The van der Waals surface area contributed by atoms with Gasteiger partial charge in [0.1, 0.15) is 17.6 Å². The first-order valence-electron chi connectivity index (χ1n) is 12.6. The number of aromatic nitrogens is 3. The quantitative estimate of drug-likeness (QED) is 0.154. The molecule has 0 radical (unpaired) electrons. The number of nitrogens with zero attached hydrogens (tertiary/aromatic N) is 4. The van der Waals surface area contributed by atoms with E-state index >= 15 is 0 Å². The fraction of sp³-hybridized carbons (Fsp3) is 0.500. The zero-order valence-electron chi connectivity index (χ0n) is 22.6. The van der Waals surface area contributed by atoms with Crippen molar-refractivity contribution in [3.05, 3.63) is 41.2 Å². The number of hydrogen-bond donors (Lipinski definition) is 2. The van der Waals surface area contributed by atoms with Gasteiger partial charge in [0, 0.05) is 19.2 Å². The van der Waals surface area contributed by atoms with E-state index in [0.29, 0.717) is 30.8 Å². The summed E-state index contributed by atoms with van der Waals surface area (Å²) < 4.78 is 12.3. The molecule has 0 bridgehead atoms. The molecular formula is C26H34N6O7. The number of amides is 3. The molecule has 3 amide bonds. The Labute approximate surface area is 226 Å². The summed E-state index contributed by atoms with van der Waals surface area (Å²) in [6, 6.07) is 3.79. The number of carbonyl (C=O) groups is 5. The van der Waals surface area contributed by atoms with Gasteiger partial charge in [-0.1, -0.05) is 11.3 Å². The molecule has 1 aliphatic heterocycles. The third-order valence-electron chi connectivity index (χ3n) is 5.76. The standard InChI is InChI=1S/C26H34N6O7/c1-26(2,3)39-22(35)10-12-38-13-11-31-15-17(29-30-31)14-28-20-7-5-6-19-23(20)25(37)32(24(19)36)18(16-33)8-9-21(34)27-4/h5-7,15-16,18,28H,8-14H2,1-4H3,(H,27,34). The van der Waals surface area contributed by atoms with Crippen LogP contribution in [0.1, 0.15) is 66.4 Å². The zero-order chi connectivity index (χ0) is 28.6. The summed E-state index contributed by atoms with van der Waals surface area (Å²) in [6.07, 6.45) is 2.42. The van der Waals surface area contributed by atoms with Crippen molar-refractivity contribution in [1.82, 2.24) is 25.2 Å². The van der Waals surface area contributed by atoms with Gasteiger partial charge < -0.3 is 24.9 Å². The van der Waals surface area contributed by atoms with E-state index in [0.717, 1.165) is 4.90 Å². The molecule has 1 aromatic heterocycles. The van der Waals surface area contributed by atoms with Crippen molar-refractivity contribution in [1.29, 1.82) is 0 Å². The highest BCUT2D eigenvalue weighted by molar-refractivity contribution is 6.24. The van der Waals surface area contributed by atoms with Crippen LogP contribution in [0.4, 0.5) is 5.69 Å².